The first kappa shape index (κ1) is 24.1. The van der Waals surface area contributed by atoms with Crippen molar-refractivity contribution in [1.29, 1.82) is 0 Å². The van der Waals surface area contributed by atoms with Gasteiger partial charge in [-0.15, -0.1) is 0 Å². The van der Waals surface area contributed by atoms with Crippen LogP contribution in [0.3, 0.4) is 0 Å². The molecular formula is C26H34FN5O2. The average molecular weight is 468 g/mol. The highest BCUT2D eigenvalue weighted by Gasteiger charge is 2.24. The minimum absolute atomic E-state index is 0.233. The van der Waals surface area contributed by atoms with Gasteiger partial charge < -0.3 is 10.1 Å². The van der Waals surface area contributed by atoms with E-state index in [1.165, 1.54) is 25.0 Å². The maximum absolute atomic E-state index is 13.6. The maximum atomic E-state index is 13.6. The predicted molar refractivity (Wildman–Crippen MR) is 132 cm³/mol. The van der Waals surface area contributed by atoms with E-state index in [1.807, 2.05) is 20.8 Å². The van der Waals surface area contributed by atoms with E-state index in [1.54, 1.807) is 39.7 Å². The highest BCUT2D eigenvalue weighted by atomic mass is 19.1. The van der Waals surface area contributed by atoms with Gasteiger partial charge in [0, 0.05) is 25.0 Å². The Hall–Kier alpha value is -3.00. The summed E-state index contributed by atoms with van der Waals surface area (Å²) in [4.78, 5) is 22.6. The third kappa shape index (κ3) is 5.55. The second-order valence-electron chi connectivity index (χ2n) is 9.80. The molecule has 1 aliphatic carbocycles. The van der Waals surface area contributed by atoms with Crippen molar-refractivity contribution in [2.24, 2.45) is 5.92 Å². The lowest BCUT2D eigenvalue weighted by Gasteiger charge is -2.26. The molecule has 2 aromatic heterocycles. The number of nitrogens with zero attached hydrogens (tertiary/aromatic N) is 4. The Kier molecular flexibility index (Phi) is 7.16. The number of benzene rings is 1. The molecule has 7 nitrogen and oxygen atoms in total. The number of hydrogen-bond acceptors (Lipinski definition) is 5. The van der Waals surface area contributed by atoms with Gasteiger partial charge >= 0.3 is 5.69 Å². The molecule has 182 valence electrons. The topological polar surface area (TPSA) is 74.0 Å². The van der Waals surface area contributed by atoms with E-state index >= 15 is 0 Å². The van der Waals surface area contributed by atoms with Gasteiger partial charge in [-0.2, -0.15) is 0 Å². The van der Waals surface area contributed by atoms with E-state index in [4.69, 9.17) is 9.72 Å². The van der Waals surface area contributed by atoms with Gasteiger partial charge in [-0.3, -0.25) is 9.13 Å². The normalized spacial score (nSPS) is 18.7. The molecule has 0 spiro atoms. The summed E-state index contributed by atoms with van der Waals surface area (Å²) in [5.74, 6) is 0.958. The molecule has 1 fully saturated rings. The van der Waals surface area contributed by atoms with Gasteiger partial charge in [0.05, 0.1) is 29.2 Å². The van der Waals surface area contributed by atoms with Crippen molar-refractivity contribution in [2.75, 3.05) is 11.9 Å². The van der Waals surface area contributed by atoms with E-state index in [0.29, 0.717) is 42.2 Å². The van der Waals surface area contributed by atoms with Crippen molar-refractivity contribution in [3.8, 4) is 17.1 Å². The minimum atomic E-state index is -0.526. The molecule has 8 heteroatoms. The number of halogens is 1. The van der Waals surface area contributed by atoms with Crippen LogP contribution in [0.15, 0.2) is 47.5 Å². The summed E-state index contributed by atoms with van der Waals surface area (Å²) in [6.45, 7) is 9.05. The molecule has 34 heavy (non-hydrogen) atoms. The van der Waals surface area contributed by atoms with Crippen LogP contribution in [0.5, 0.6) is 0 Å². The number of aromatic nitrogens is 4. The molecule has 0 saturated heterocycles. The Morgan fingerprint density at radius 2 is 1.85 bits per heavy atom. The van der Waals surface area contributed by atoms with Crippen LogP contribution in [0, 0.1) is 11.7 Å². The quantitative estimate of drug-likeness (QED) is 0.502. The van der Waals surface area contributed by atoms with Gasteiger partial charge in [-0.25, -0.2) is 19.2 Å². The molecule has 1 aliphatic rings. The van der Waals surface area contributed by atoms with Crippen LogP contribution < -0.4 is 11.0 Å². The van der Waals surface area contributed by atoms with Crippen molar-refractivity contribution in [2.45, 2.75) is 71.6 Å². The zero-order valence-corrected chi connectivity index (χ0v) is 20.4. The number of anilines is 1. The summed E-state index contributed by atoms with van der Waals surface area (Å²) in [7, 11) is 0. The van der Waals surface area contributed by atoms with E-state index in [9.17, 15) is 9.18 Å². The van der Waals surface area contributed by atoms with Gasteiger partial charge in [0.25, 0.3) is 0 Å². The van der Waals surface area contributed by atoms with Gasteiger partial charge in [0.1, 0.15) is 5.82 Å². The Bertz CT molecular complexity index is 1160. The first-order chi connectivity index (χ1) is 16.3. The second-order valence-corrected chi connectivity index (χ2v) is 9.80. The SMILES string of the molecule is CCOC(C)(C)Cn1cc(-c2ccnc(N[C@H]3CC[C@H](C)CC3)n2)n(-c2ccc(F)cc2)c1=O. The highest BCUT2D eigenvalue weighted by Crippen LogP contribution is 2.26. The van der Waals surface area contributed by atoms with Crippen LogP contribution in [0.25, 0.3) is 17.1 Å². The number of ether oxygens (including phenoxy) is 1. The van der Waals surface area contributed by atoms with Crippen LogP contribution in [-0.4, -0.2) is 37.4 Å². The molecule has 0 atom stereocenters. The lowest BCUT2D eigenvalue weighted by Crippen LogP contribution is -2.35. The van der Waals surface area contributed by atoms with Crippen LogP contribution in [-0.2, 0) is 11.3 Å². The largest absolute Gasteiger partial charge is 0.374 e. The van der Waals surface area contributed by atoms with E-state index in [0.717, 1.165) is 18.8 Å². The fourth-order valence-corrected chi connectivity index (χ4v) is 4.63. The molecule has 0 amide bonds. The van der Waals surface area contributed by atoms with E-state index in [-0.39, 0.29) is 11.5 Å². The summed E-state index contributed by atoms with van der Waals surface area (Å²) in [6, 6.07) is 8.04. The smallest absolute Gasteiger partial charge is 0.333 e. The summed E-state index contributed by atoms with van der Waals surface area (Å²) >= 11 is 0. The molecule has 0 aliphatic heterocycles. The van der Waals surface area contributed by atoms with E-state index in [2.05, 4.69) is 17.2 Å². The highest BCUT2D eigenvalue weighted by molar-refractivity contribution is 5.59. The zero-order valence-electron chi connectivity index (χ0n) is 20.4. The molecular weight excluding hydrogens is 433 g/mol. The standard InChI is InChI=1S/C26H34FN5O2/c1-5-34-26(3,4)17-31-16-23(32(25(31)33)21-12-8-19(27)9-13-21)22-14-15-28-24(30-22)29-20-10-6-18(2)7-11-20/h8-9,12-16,18,20H,5-7,10-11,17H2,1-4H3,(H,28,29,30)/t18-,20-. The number of hydrogen-bond donors (Lipinski definition) is 1. The molecule has 3 aromatic rings. The van der Waals surface area contributed by atoms with Crippen molar-refractivity contribution >= 4 is 5.95 Å². The van der Waals surface area contributed by atoms with Crippen LogP contribution in [0.1, 0.15) is 53.4 Å². The fraction of sp³-hybridized carbons (Fsp3) is 0.500. The predicted octanol–water partition coefficient (Wildman–Crippen LogP) is 5.04. The van der Waals surface area contributed by atoms with Gasteiger partial charge in [-0.1, -0.05) is 6.92 Å². The number of nitrogens with one attached hydrogen (secondary N) is 1. The monoisotopic (exact) mass is 467 g/mol. The van der Waals surface area contributed by atoms with Crippen molar-refractivity contribution in [3.05, 3.63) is 59.0 Å². The van der Waals surface area contributed by atoms with Crippen LogP contribution >= 0.6 is 0 Å². The summed E-state index contributed by atoms with van der Waals surface area (Å²) < 4.78 is 22.6. The van der Waals surface area contributed by atoms with Gasteiger partial charge in [-0.05, 0) is 82.7 Å². The summed E-state index contributed by atoms with van der Waals surface area (Å²) in [5, 5.41) is 3.47. The summed E-state index contributed by atoms with van der Waals surface area (Å²) in [6.07, 6.45) is 8.08. The molecule has 1 N–H and O–H groups in total. The molecule has 2 heterocycles. The molecule has 0 unspecified atom stereocenters. The third-order valence-corrected chi connectivity index (χ3v) is 6.39. The Morgan fingerprint density at radius 3 is 2.53 bits per heavy atom. The molecule has 1 aromatic carbocycles. The maximum Gasteiger partial charge on any atom is 0.333 e. The summed E-state index contributed by atoms with van der Waals surface area (Å²) in [5.41, 5.74) is 1.05. The van der Waals surface area contributed by atoms with Crippen LogP contribution in [0.4, 0.5) is 10.3 Å². The van der Waals surface area contributed by atoms with Crippen molar-refractivity contribution < 1.29 is 9.13 Å². The second kappa shape index (κ2) is 10.1. The minimum Gasteiger partial charge on any atom is -0.374 e. The Balaban J connectivity index is 1.72. The van der Waals surface area contributed by atoms with Crippen molar-refractivity contribution in [3.63, 3.8) is 0 Å². The number of rotatable bonds is 8. The van der Waals surface area contributed by atoms with Gasteiger partial charge in [0.15, 0.2) is 0 Å². The van der Waals surface area contributed by atoms with Crippen LogP contribution in [0.2, 0.25) is 0 Å². The molecule has 0 bridgehead atoms. The first-order valence-electron chi connectivity index (χ1n) is 12.1. The fourth-order valence-electron chi connectivity index (χ4n) is 4.63. The average Bonchev–Trinajstić information content (AvgIpc) is 3.11. The first-order valence-corrected chi connectivity index (χ1v) is 12.1. The zero-order chi connectivity index (χ0) is 24.3. The lowest BCUT2D eigenvalue weighted by atomic mass is 9.87. The molecule has 4 rings (SSSR count). The van der Waals surface area contributed by atoms with E-state index < -0.39 is 5.60 Å². The lowest BCUT2D eigenvalue weighted by molar-refractivity contribution is -0.0230. The molecule has 0 radical (unpaired) electrons. The third-order valence-electron chi connectivity index (χ3n) is 6.39. The number of imidazole rings is 1. The van der Waals surface area contributed by atoms with Gasteiger partial charge in [0.2, 0.25) is 5.95 Å². The Labute approximate surface area is 200 Å². The van der Waals surface area contributed by atoms with Crippen molar-refractivity contribution in [1.82, 2.24) is 19.1 Å². The Morgan fingerprint density at radius 1 is 1.15 bits per heavy atom. The molecule has 1 saturated carbocycles.